The number of hydrogen-bond acceptors (Lipinski definition) is 3. The number of ether oxygens (including phenoxy) is 1. The van der Waals surface area contributed by atoms with Crippen LogP contribution in [0.1, 0.15) is 5.56 Å². The van der Waals surface area contributed by atoms with Crippen molar-refractivity contribution < 1.29 is 4.74 Å². The molecule has 1 fully saturated rings. The van der Waals surface area contributed by atoms with E-state index in [0.717, 1.165) is 20.9 Å². The predicted octanol–water partition coefficient (Wildman–Crippen LogP) is 2.18. The van der Waals surface area contributed by atoms with E-state index in [1.807, 2.05) is 12.1 Å². The third-order valence-electron chi connectivity index (χ3n) is 2.94. The van der Waals surface area contributed by atoms with Crippen LogP contribution in [0.2, 0.25) is 0 Å². The summed E-state index contributed by atoms with van der Waals surface area (Å²) in [6.07, 6.45) is 1.79. The summed E-state index contributed by atoms with van der Waals surface area (Å²) in [5.41, 5.74) is 8.00. The number of rotatable bonds is 1. The van der Waals surface area contributed by atoms with Crippen molar-refractivity contribution in [1.82, 2.24) is 4.98 Å². The molecule has 0 spiro atoms. The molecule has 0 bridgehead atoms. The van der Waals surface area contributed by atoms with Crippen LogP contribution in [-0.4, -0.2) is 18.2 Å². The van der Waals surface area contributed by atoms with Crippen LogP contribution in [0.15, 0.2) is 34.9 Å². The Kier molecular flexibility index (Phi) is 2.24. The highest BCUT2D eigenvalue weighted by atomic mass is 79.9. The Balaban J connectivity index is 2.30. The lowest BCUT2D eigenvalue weighted by atomic mass is 9.86. The van der Waals surface area contributed by atoms with Gasteiger partial charge in [-0.05, 0) is 23.8 Å². The maximum absolute atomic E-state index is 6.29. The molecular weight excluding hydrogens is 268 g/mol. The molecule has 0 atom stereocenters. The molecule has 16 heavy (non-hydrogen) atoms. The Bertz CT molecular complexity index is 552. The van der Waals surface area contributed by atoms with E-state index in [9.17, 15) is 0 Å². The summed E-state index contributed by atoms with van der Waals surface area (Å²) in [7, 11) is 0. The molecule has 1 saturated heterocycles. The molecule has 0 aliphatic carbocycles. The molecule has 1 aromatic carbocycles. The quantitative estimate of drug-likeness (QED) is 0.870. The van der Waals surface area contributed by atoms with Crippen LogP contribution in [0.25, 0.3) is 10.9 Å². The topological polar surface area (TPSA) is 48.1 Å². The number of aromatic nitrogens is 1. The van der Waals surface area contributed by atoms with E-state index in [0.29, 0.717) is 13.2 Å². The third kappa shape index (κ3) is 1.45. The van der Waals surface area contributed by atoms with Crippen molar-refractivity contribution in [1.29, 1.82) is 0 Å². The zero-order valence-corrected chi connectivity index (χ0v) is 10.2. The molecule has 1 aromatic heterocycles. The highest BCUT2D eigenvalue weighted by Crippen LogP contribution is 2.34. The fraction of sp³-hybridized carbons (Fsp3) is 0.250. The molecule has 2 N–H and O–H groups in total. The summed E-state index contributed by atoms with van der Waals surface area (Å²) in [5.74, 6) is 0. The summed E-state index contributed by atoms with van der Waals surface area (Å²) in [4.78, 5) is 4.35. The lowest BCUT2D eigenvalue weighted by Crippen LogP contribution is -2.54. The Morgan fingerprint density at radius 2 is 2.19 bits per heavy atom. The first kappa shape index (κ1) is 10.2. The zero-order valence-electron chi connectivity index (χ0n) is 8.61. The van der Waals surface area contributed by atoms with Gasteiger partial charge in [0.25, 0.3) is 0 Å². The van der Waals surface area contributed by atoms with Crippen LogP contribution in [0, 0.1) is 0 Å². The molecule has 2 aromatic rings. The largest absolute Gasteiger partial charge is 0.377 e. The average molecular weight is 279 g/mol. The van der Waals surface area contributed by atoms with Gasteiger partial charge in [-0.3, -0.25) is 4.98 Å². The normalized spacial score (nSPS) is 18.4. The molecule has 0 radical (unpaired) electrons. The molecule has 1 aliphatic heterocycles. The summed E-state index contributed by atoms with van der Waals surface area (Å²) < 4.78 is 6.23. The number of halogens is 1. The first-order valence-corrected chi connectivity index (χ1v) is 5.90. The van der Waals surface area contributed by atoms with Crippen molar-refractivity contribution >= 4 is 26.8 Å². The maximum Gasteiger partial charge on any atom is 0.0890 e. The van der Waals surface area contributed by atoms with Crippen LogP contribution >= 0.6 is 15.9 Å². The first-order chi connectivity index (χ1) is 7.69. The van der Waals surface area contributed by atoms with Gasteiger partial charge in [-0.2, -0.15) is 0 Å². The Morgan fingerprint density at radius 3 is 2.88 bits per heavy atom. The van der Waals surface area contributed by atoms with E-state index >= 15 is 0 Å². The van der Waals surface area contributed by atoms with Crippen LogP contribution in [0.4, 0.5) is 0 Å². The molecule has 0 amide bonds. The highest BCUT2D eigenvalue weighted by molar-refractivity contribution is 9.10. The molecule has 82 valence electrons. The standard InChI is InChI=1S/C12H11BrN2O/c13-8-4-10(12(14)6-16-7-12)9-2-1-3-15-11(9)5-8/h1-5H,6-7,14H2. The van der Waals surface area contributed by atoms with Gasteiger partial charge < -0.3 is 10.5 Å². The van der Waals surface area contributed by atoms with Gasteiger partial charge in [-0.1, -0.05) is 22.0 Å². The Morgan fingerprint density at radius 1 is 1.38 bits per heavy atom. The minimum atomic E-state index is -0.356. The van der Waals surface area contributed by atoms with Crippen molar-refractivity contribution in [2.45, 2.75) is 5.54 Å². The number of nitrogens with two attached hydrogens (primary N) is 1. The number of hydrogen-bond donors (Lipinski definition) is 1. The molecular formula is C12H11BrN2O. The highest BCUT2D eigenvalue weighted by Gasteiger charge is 2.37. The van der Waals surface area contributed by atoms with Crippen molar-refractivity contribution in [2.24, 2.45) is 5.73 Å². The first-order valence-electron chi connectivity index (χ1n) is 5.10. The van der Waals surface area contributed by atoms with Crippen molar-refractivity contribution in [3.05, 3.63) is 40.5 Å². The number of pyridine rings is 1. The predicted molar refractivity (Wildman–Crippen MR) is 66.1 cm³/mol. The Hall–Kier alpha value is -0.970. The van der Waals surface area contributed by atoms with Crippen LogP contribution < -0.4 is 5.73 Å². The molecule has 0 unspecified atom stereocenters. The van der Waals surface area contributed by atoms with Crippen LogP contribution in [0.5, 0.6) is 0 Å². The maximum atomic E-state index is 6.29. The molecule has 2 heterocycles. The van der Waals surface area contributed by atoms with Gasteiger partial charge in [0.2, 0.25) is 0 Å². The molecule has 0 saturated carbocycles. The Labute approximate surface area is 102 Å². The van der Waals surface area contributed by atoms with E-state index in [2.05, 4.69) is 33.0 Å². The van der Waals surface area contributed by atoms with Gasteiger partial charge in [0.15, 0.2) is 0 Å². The van der Waals surface area contributed by atoms with Gasteiger partial charge in [0, 0.05) is 16.1 Å². The summed E-state index contributed by atoms with van der Waals surface area (Å²) in [6.45, 7) is 1.15. The van der Waals surface area contributed by atoms with Crippen LogP contribution in [-0.2, 0) is 10.3 Å². The van der Waals surface area contributed by atoms with E-state index < -0.39 is 0 Å². The van der Waals surface area contributed by atoms with Crippen LogP contribution in [0.3, 0.4) is 0 Å². The van der Waals surface area contributed by atoms with Crippen molar-refractivity contribution in [3.8, 4) is 0 Å². The monoisotopic (exact) mass is 278 g/mol. The molecule has 4 heteroatoms. The number of nitrogens with zero attached hydrogens (tertiary/aromatic N) is 1. The van der Waals surface area contributed by atoms with Crippen molar-refractivity contribution in [2.75, 3.05) is 13.2 Å². The van der Waals surface area contributed by atoms with Gasteiger partial charge in [0.1, 0.15) is 0 Å². The summed E-state index contributed by atoms with van der Waals surface area (Å²) in [5, 5.41) is 1.11. The number of fused-ring (bicyclic) bond motifs is 1. The second-order valence-corrected chi connectivity index (χ2v) is 5.09. The van der Waals surface area contributed by atoms with Gasteiger partial charge in [-0.25, -0.2) is 0 Å². The third-order valence-corrected chi connectivity index (χ3v) is 3.40. The molecule has 3 rings (SSSR count). The average Bonchev–Trinajstić information content (AvgIpc) is 2.24. The molecule has 3 nitrogen and oxygen atoms in total. The molecule has 1 aliphatic rings. The number of benzene rings is 1. The second-order valence-electron chi connectivity index (χ2n) is 4.17. The fourth-order valence-electron chi connectivity index (χ4n) is 2.04. The van der Waals surface area contributed by atoms with Gasteiger partial charge in [-0.15, -0.1) is 0 Å². The SMILES string of the molecule is NC1(c2cc(Br)cc3ncccc23)COC1. The van der Waals surface area contributed by atoms with Crippen molar-refractivity contribution in [3.63, 3.8) is 0 Å². The smallest absolute Gasteiger partial charge is 0.0890 e. The van der Waals surface area contributed by atoms with E-state index in [-0.39, 0.29) is 5.54 Å². The second kappa shape index (κ2) is 3.52. The lowest BCUT2D eigenvalue weighted by molar-refractivity contribution is -0.0562. The zero-order chi connectivity index (χ0) is 11.2. The fourth-order valence-corrected chi connectivity index (χ4v) is 2.48. The van der Waals surface area contributed by atoms with Gasteiger partial charge in [0.05, 0.1) is 24.3 Å². The minimum absolute atomic E-state index is 0.356. The minimum Gasteiger partial charge on any atom is -0.377 e. The van der Waals surface area contributed by atoms with E-state index in [1.54, 1.807) is 6.20 Å². The van der Waals surface area contributed by atoms with E-state index in [1.165, 1.54) is 0 Å². The lowest BCUT2D eigenvalue weighted by Gasteiger charge is -2.38. The van der Waals surface area contributed by atoms with E-state index in [4.69, 9.17) is 10.5 Å². The summed E-state index contributed by atoms with van der Waals surface area (Å²) in [6, 6.07) is 8.05. The summed E-state index contributed by atoms with van der Waals surface area (Å²) >= 11 is 3.49. The van der Waals surface area contributed by atoms with Gasteiger partial charge >= 0.3 is 0 Å².